The standard InChI is InChI=1S/C26H23ClFN7O/c27-20-5-1-3-18(13-20)19-4-2-6-21(14-19)32-23-8-7-22(29-15-23)16-31-34-26-30-17-24(28)25(33-26)35-9-11-36-12-10-35/h1-8,13-15,17,32H,9-12,16H2. The molecule has 0 amide bonds. The van der Waals surface area contributed by atoms with E-state index in [0.29, 0.717) is 31.3 Å². The van der Waals surface area contributed by atoms with Crippen molar-refractivity contribution in [3.63, 3.8) is 0 Å². The van der Waals surface area contributed by atoms with Gasteiger partial charge in [-0.15, -0.1) is 5.11 Å². The zero-order valence-electron chi connectivity index (χ0n) is 19.3. The van der Waals surface area contributed by atoms with E-state index >= 15 is 0 Å². The maximum Gasteiger partial charge on any atom is 0.270 e. The summed E-state index contributed by atoms with van der Waals surface area (Å²) < 4.78 is 19.5. The van der Waals surface area contributed by atoms with Crippen LogP contribution in [0.2, 0.25) is 5.02 Å². The molecule has 36 heavy (non-hydrogen) atoms. The van der Waals surface area contributed by atoms with Crippen molar-refractivity contribution in [2.24, 2.45) is 10.2 Å². The smallest absolute Gasteiger partial charge is 0.270 e. The predicted molar refractivity (Wildman–Crippen MR) is 138 cm³/mol. The van der Waals surface area contributed by atoms with Crippen LogP contribution in [0.5, 0.6) is 0 Å². The topological polar surface area (TPSA) is 87.9 Å². The average Bonchev–Trinajstić information content (AvgIpc) is 2.91. The molecule has 10 heteroatoms. The number of pyridine rings is 1. The van der Waals surface area contributed by atoms with Gasteiger partial charge in [-0.3, -0.25) is 4.98 Å². The summed E-state index contributed by atoms with van der Waals surface area (Å²) in [4.78, 5) is 14.4. The second-order valence-electron chi connectivity index (χ2n) is 8.09. The minimum atomic E-state index is -0.487. The van der Waals surface area contributed by atoms with Crippen molar-refractivity contribution in [1.82, 2.24) is 15.0 Å². The van der Waals surface area contributed by atoms with Gasteiger partial charge in [0.15, 0.2) is 11.6 Å². The minimum Gasteiger partial charge on any atom is -0.378 e. The van der Waals surface area contributed by atoms with Gasteiger partial charge in [-0.1, -0.05) is 35.9 Å². The fourth-order valence-electron chi connectivity index (χ4n) is 3.77. The van der Waals surface area contributed by atoms with E-state index in [-0.39, 0.29) is 18.3 Å². The van der Waals surface area contributed by atoms with Crippen molar-refractivity contribution in [2.45, 2.75) is 6.54 Å². The van der Waals surface area contributed by atoms with Crippen LogP contribution < -0.4 is 10.2 Å². The molecule has 1 aliphatic heterocycles. The Bertz CT molecular complexity index is 1360. The summed E-state index contributed by atoms with van der Waals surface area (Å²) in [5.41, 5.74) is 4.62. The SMILES string of the molecule is Fc1cnc(N=NCc2ccc(Nc3cccc(-c4cccc(Cl)c4)c3)cn2)nc1N1CCOCC1. The molecular formula is C26H23ClFN7O. The van der Waals surface area contributed by atoms with Crippen LogP contribution in [0.25, 0.3) is 11.1 Å². The first kappa shape index (κ1) is 23.8. The highest BCUT2D eigenvalue weighted by Crippen LogP contribution is 2.26. The molecule has 0 spiro atoms. The van der Waals surface area contributed by atoms with Crippen LogP contribution >= 0.6 is 11.6 Å². The Kier molecular flexibility index (Phi) is 7.39. The number of azo groups is 1. The number of hydrogen-bond donors (Lipinski definition) is 1. The highest BCUT2D eigenvalue weighted by molar-refractivity contribution is 6.30. The maximum absolute atomic E-state index is 14.2. The Hall–Kier alpha value is -3.95. The van der Waals surface area contributed by atoms with Crippen LogP contribution in [-0.2, 0) is 11.3 Å². The summed E-state index contributed by atoms with van der Waals surface area (Å²) >= 11 is 6.13. The molecule has 0 atom stereocenters. The second kappa shape index (κ2) is 11.2. The van der Waals surface area contributed by atoms with Gasteiger partial charge in [0.25, 0.3) is 5.95 Å². The summed E-state index contributed by atoms with van der Waals surface area (Å²) in [7, 11) is 0. The lowest BCUT2D eigenvalue weighted by atomic mass is 10.1. The van der Waals surface area contributed by atoms with Crippen LogP contribution in [-0.4, -0.2) is 41.3 Å². The van der Waals surface area contributed by atoms with E-state index in [2.05, 4.69) is 36.6 Å². The quantitative estimate of drug-likeness (QED) is 0.302. The van der Waals surface area contributed by atoms with Gasteiger partial charge in [-0.25, -0.2) is 9.37 Å². The van der Waals surface area contributed by atoms with Gasteiger partial charge in [0.1, 0.15) is 6.54 Å². The normalized spacial score (nSPS) is 13.8. The van der Waals surface area contributed by atoms with Gasteiger partial charge in [0.05, 0.1) is 37.0 Å². The number of halogens is 2. The zero-order valence-corrected chi connectivity index (χ0v) is 20.1. The van der Waals surface area contributed by atoms with Gasteiger partial charge in [-0.2, -0.15) is 10.1 Å². The maximum atomic E-state index is 14.2. The van der Waals surface area contributed by atoms with Gasteiger partial charge in [0.2, 0.25) is 0 Å². The third kappa shape index (κ3) is 5.99. The number of aromatic nitrogens is 3. The van der Waals surface area contributed by atoms with Crippen LogP contribution in [0, 0.1) is 5.82 Å². The highest BCUT2D eigenvalue weighted by Gasteiger charge is 2.17. The number of benzene rings is 2. The molecule has 182 valence electrons. The Balaban J connectivity index is 1.21. The Morgan fingerprint density at radius 2 is 1.75 bits per heavy atom. The fraction of sp³-hybridized carbons (Fsp3) is 0.192. The lowest BCUT2D eigenvalue weighted by Gasteiger charge is -2.27. The molecule has 1 saturated heterocycles. The molecule has 5 rings (SSSR count). The summed E-state index contributed by atoms with van der Waals surface area (Å²) in [6, 6.07) is 19.6. The molecule has 2 aromatic heterocycles. The Labute approximate surface area is 212 Å². The van der Waals surface area contributed by atoms with E-state index in [1.165, 1.54) is 0 Å². The molecule has 0 bridgehead atoms. The first-order valence-corrected chi connectivity index (χ1v) is 11.8. The van der Waals surface area contributed by atoms with Crippen molar-refractivity contribution in [2.75, 3.05) is 36.5 Å². The molecule has 1 aliphatic rings. The third-order valence-corrected chi connectivity index (χ3v) is 5.79. The Morgan fingerprint density at radius 1 is 0.944 bits per heavy atom. The molecule has 0 radical (unpaired) electrons. The molecular weight excluding hydrogens is 481 g/mol. The second-order valence-corrected chi connectivity index (χ2v) is 8.53. The van der Waals surface area contributed by atoms with Crippen molar-refractivity contribution in [3.05, 3.63) is 89.6 Å². The number of ether oxygens (including phenoxy) is 1. The number of nitrogens with one attached hydrogen (secondary N) is 1. The van der Waals surface area contributed by atoms with Crippen molar-refractivity contribution in [1.29, 1.82) is 0 Å². The summed E-state index contributed by atoms with van der Waals surface area (Å²) in [5.74, 6) is -0.162. The number of morpholine rings is 1. The molecule has 3 heterocycles. The lowest BCUT2D eigenvalue weighted by molar-refractivity contribution is 0.122. The van der Waals surface area contributed by atoms with Crippen LogP contribution in [0.3, 0.4) is 0 Å². The van der Waals surface area contributed by atoms with E-state index in [1.807, 2.05) is 59.5 Å². The third-order valence-electron chi connectivity index (χ3n) is 5.55. The molecule has 0 aliphatic carbocycles. The molecule has 2 aromatic carbocycles. The van der Waals surface area contributed by atoms with Crippen molar-refractivity contribution < 1.29 is 9.13 Å². The van der Waals surface area contributed by atoms with Crippen LogP contribution in [0.15, 0.2) is 83.3 Å². The van der Waals surface area contributed by atoms with Crippen LogP contribution in [0.4, 0.5) is 27.5 Å². The number of rotatable bonds is 7. The number of hydrogen-bond acceptors (Lipinski definition) is 8. The van der Waals surface area contributed by atoms with E-state index in [4.69, 9.17) is 16.3 Å². The summed E-state index contributed by atoms with van der Waals surface area (Å²) in [6.45, 7) is 2.45. The minimum absolute atomic E-state index is 0.107. The van der Waals surface area contributed by atoms with E-state index in [1.54, 1.807) is 6.20 Å². The molecule has 1 N–H and O–H groups in total. The Morgan fingerprint density at radius 3 is 2.53 bits per heavy atom. The first-order chi connectivity index (χ1) is 17.6. The van der Waals surface area contributed by atoms with Crippen molar-refractivity contribution >= 4 is 34.7 Å². The first-order valence-electron chi connectivity index (χ1n) is 11.4. The average molecular weight is 504 g/mol. The molecule has 8 nitrogen and oxygen atoms in total. The fourth-order valence-corrected chi connectivity index (χ4v) is 3.96. The van der Waals surface area contributed by atoms with E-state index < -0.39 is 5.82 Å². The number of nitrogens with zero attached hydrogens (tertiary/aromatic N) is 6. The van der Waals surface area contributed by atoms with Gasteiger partial charge < -0.3 is 15.0 Å². The molecule has 0 saturated carbocycles. The van der Waals surface area contributed by atoms with Crippen LogP contribution in [0.1, 0.15) is 5.69 Å². The lowest BCUT2D eigenvalue weighted by Crippen LogP contribution is -2.37. The monoisotopic (exact) mass is 503 g/mol. The summed E-state index contributed by atoms with van der Waals surface area (Å²) in [5, 5.41) is 12.2. The van der Waals surface area contributed by atoms with E-state index in [0.717, 1.165) is 34.4 Å². The molecule has 4 aromatic rings. The predicted octanol–water partition coefficient (Wildman–Crippen LogP) is 6.20. The van der Waals surface area contributed by atoms with Gasteiger partial charge in [-0.05, 0) is 47.5 Å². The van der Waals surface area contributed by atoms with Gasteiger partial charge >= 0.3 is 0 Å². The summed E-state index contributed by atoms with van der Waals surface area (Å²) in [6.07, 6.45) is 2.86. The molecule has 0 unspecified atom stereocenters. The molecule has 1 fully saturated rings. The van der Waals surface area contributed by atoms with Gasteiger partial charge in [0, 0.05) is 23.8 Å². The largest absolute Gasteiger partial charge is 0.378 e. The van der Waals surface area contributed by atoms with Crippen molar-refractivity contribution in [3.8, 4) is 11.1 Å². The number of anilines is 3. The highest BCUT2D eigenvalue weighted by atomic mass is 35.5. The zero-order chi connectivity index (χ0) is 24.7. The van der Waals surface area contributed by atoms with E-state index in [9.17, 15) is 4.39 Å².